The fraction of sp³-hybridized carbons (Fsp3) is 0.500. The van der Waals surface area contributed by atoms with Gasteiger partial charge in [0.1, 0.15) is 11.9 Å². The van der Waals surface area contributed by atoms with E-state index in [9.17, 15) is 4.39 Å². The number of halogens is 1. The first-order chi connectivity index (χ1) is 7.31. The highest BCUT2D eigenvalue weighted by Crippen LogP contribution is 2.28. The Balaban J connectivity index is 2.19. The van der Waals surface area contributed by atoms with E-state index in [-0.39, 0.29) is 6.04 Å². The van der Waals surface area contributed by atoms with Gasteiger partial charge in [-0.05, 0) is 37.1 Å². The Bertz CT molecular complexity index is 329. The molecule has 1 saturated heterocycles. The Hall–Kier alpha value is -1.09. The maximum Gasteiger partial charge on any atom is 0.120 e. The molecule has 2 atom stereocenters. The summed E-state index contributed by atoms with van der Waals surface area (Å²) in [4.78, 5) is 0. The van der Waals surface area contributed by atoms with Gasteiger partial charge in [0.2, 0.25) is 0 Å². The molecule has 0 radical (unpaired) electrons. The summed E-state index contributed by atoms with van der Waals surface area (Å²) < 4.78 is 18.8. The smallest absolute Gasteiger partial charge is 0.120 e. The van der Waals surface area contributed by atoms with Crippen molar-refractivity contribution in [1.82, 2.24) is 5.32 Å². The van der Waals surface area contributed by atoms with E-state index >= 15 is 0 Å². The summed E-state index contributed by atoms with van der Waals surface area (Å²) >= 11 is 0. The number of rotatable bonds is 2. The zero-order valence-corrected chi connectivity index (χ0v) is 8.87. The van der Waals surface area contributed by atoms with Crippen LogP contribution in [-0.2, 0) is 0 Å². The minimum absolute atomic E-state index is 0.172. The van der Waals surface area contributed by atoms with E-state index in [0.717, 1.165) is 24.3 Å². The maximum absolute atomic E-state index is 13.7. The Labute approximate surface area is 89.4 Å². The first kappa shape index (κ1) is 10.4. The van der Waals surface area contributed by atoms with E-state index in [0.29, 0.717) is 6.42 Å². The van der Waals surface area contributed by atoms with Crippen LogP contribution in [0.5, 0.6) is 5.75 Å². The highest BCUT2D eigenvalue weighted by Gasteiger charge is 2.25. The molecule has 1 aromatic rings. The average Bonchev–Trinajstić information content (AvgIpc) is 2.30. The molecule has 1 heterocycles. The molecule has 0 aliphatic carbocycles. The topological polar surface area (TPSA) is 21.3 Å². The quantitative estimate of drug-likeness (QED) is 0.807. The van der Waals surface area contributed by atoms with Crippen LogP contribution in [-0.4, -0.2) is 19.8 Å². The predicted molar refractivity (Wildman–Crippen MR) is 57.9 cm³/mol. The normalized spacial score (nSPS) is 26.3. The van der Waals surface area contributed by atoms with Crippen molar-refractivity contribution < 1.29 is 9.13 Å². The van der Waals surface area contributed by atoms with Crippen LogP contribution in [0.25, 0.3) is 0 Å². The van der Waals surface area contributed by atoms with Crippen molar-refractivity contribution in [3.63, 3.8) is 0 Å². The Kier molecular flexibility index (Phi) is 3.21. The van der Waals surface area contributed by atoms with Gasteiger partial charge in [-0.2, -0.15) is 0 Å². The molecule has 1 aromatic carbocycles. The molecule has 2 unspecified atom stereocenters. The standard InChI is InChI=1S/C12H16FNO/c1-15-10-5-2-4-9(8-10)12-11(13)6-3-7-14-12/h2,4-5,8,11-12,14H,3,6-7H2,1H3. The molecule has 3 heteroatoms. The lowest BCUT2D eigenvalue weighted by atomic mass is 9.96. The Morgan fingerprint density at radius 3 is 3.07 bits per heavy atom. The van der Waals surface area contributed by atoms with Gasteiger partial charge in [0, 0.05) is 0 Å². The van der Waals surface area contributed by atoms with Crippen molar-refractivity contribution in [3.05, 3.63) is 29.8 Å². The summed E-state index contributed by atoms with van der Waals surface area (Å²) in [6.45, 7) is 0.891. The molecule has 0 amide bonds. The lowest BCUT2D eigenvalue weighted by Gasteiger charge is -2.27. The average molecular weight is 209 g/mol. The summed E-state index contributed by atoms with van der Waals surface area (Å²) in [5.74, 6) is 0.784. The molecule has 1 aliphatic heterocycles. The number of piperidine rings is 1. The zero-order valence-electron chi connectivity index (χ0n) is 8.87. The molecule has 0 aromatic heterocycles. The van der Waals surface area contributed by atoms with E-state index in [2.05, 4.69) is 5.32 Å². The summed E-state index contributed by atoms with van der Waals surface area (Å²) in [6, 6.07) is 7.44. The van der Waals surface area contributed by atoms with Crippen molar-refractivity contribution in [1.29, 1.82) is 0 Å². The second-order valence-electron chi connectivity index (χ2n) is 3.87. The largest absolute Gasteiger partial charge is 0.497 e. The predicted octanol–water partition coefficient (Wildman–Crippen LogP) is 2.46. The first-order valence-corrected chi connectivity index (χ1v) is 5.32. The van der Waals surface area contributed by atoms with E-state index in [1.165, 1.54) is 0 Å². The number of methoxy groups -OCH3 is 1. The van der Waals surface area contributed by atoms with Crippen LogP contribution in [0.3, 0.4) is 0 Å². The monoisotopic (exact) mass is 209 g/mol. The van der Waals surface area contributed by atoms with Crippen LogP contribution in [0.1, 0.15) is 24.4 Å². The minimum Gasteiger partial charge on any atom is -0.497 e. The molecule has 1 aliphatic rings. The molecule has 1 N–H and O–H groups in total. The van der Waals surface area contributed by atoms with Gasteiger partial charge in [0.25, 0.3) is 0 Å². The summed E-state index contributed by atoms with van der Waals surface area (Å²) in [5, 5.41) is 3.21. The number of benzene rings is 1. The van der Waals surface area contributed by atoms with Crippen LogP contribution in [0, 0.1) is 0 Å². The van der Waals surface area contributed by atoms with Gasteiger partial charge < -0.3 is 10.1 Å². The number of nitrogens with one attached hydrogen (secondary N) is 1. The summed E-state index contributed by atoms with van der Waals surface area (Å²) in [5.41, 5.74) is 0.974. The third kappa shape index (κ3) is 2.29. The van der Waals surface area contributed by atoms with Crippen LogP contribution in [0.15, 0.2) is 24.3 Å². The molecule has 2 rings (SSSR count). The van der Waals surface area contributed by atoms with E-state index in [1.54, 1.807) is 7.11 Å². The van der Waals surface area contributed by atoms with Crippen molar-refractivity contribution in [2.45, 2.75) is 25.1 Å². The molecule has 0 spiro atoms. The second-order valence-corrected chi connectivity index (χ2v) is 3.87. The molecule has 2 nitrogen and oxygen atoms in total. The molecular formula is C12H16FNO. The van der Waals surface area contributed by atoms with Crippen LogP contribution in [0.2, 0.25) is 0 Å². The molecular weight excluding hydrogens is 193 g/mol. The van der Waals surface area contributed by atoms with Crippen LogP contribution >= 0.6 is 0 Å². The van der Waals surface area contributed by atoms with Gasteiger partial charge in [-0.1, -0.05) is 12.1 Å². The van der Waals surface area contributed by atoms with Crippen molar-refractivity contribution in [2.24, 2.45) is 0 Å². The van der Waals surface area contributed by atoms with Gasteiger partial charge in [0.15, 0.2) is 0 Å². The Morgan fingerprint density at radius 2 is 2.33 bits per heavy atom. The first-order valence-electron chi connectivity index (χ1n) is 5.32. The van der Waals surface area contributed by atoms with Crippen LogP contribution < -0.4 is 10.1 Å². The van der Waals surface area contributed by atoms with Gasteiger partial charge in [0.05, 0.1) is 13.2 Å². The van der Waals surface area contributed by atoms with E-state index in [1.807, 2.05) is 24.3 Å². The minimum atomic E-state index is -0.786. The third-order valence-corrected chi connectivity index (χ3v) is 2.84. The highest BCUT2D eigenvalue weighted by atomic mass is 19.1. The second kappa shape index (κ2) is 4.62. The fourth-order valence-corrected chi connectivity index (χ4v) is 2.01. The van der Waals surface area contributed by atoms with Gasteiger partial charge in [-0.15, -0.1) is 0 Å². The number of ether oxygens (including phenoxy) is 1. The molecule has 15 heavy (non-hydrogen) atoms. The van der Waals surface area contributed by atoms with Gasteiger partial charge >= 0.3 is 0 Å². The van der Waals surface area contributed by atoms with Crippen molar-refractivity contribution in [2.75, 3.05) is 13.7 Å². The van der Waals surface area contributed by atoms with Gasteiger partial charge in [-0.3, -0.25) is 0 Å². The molecule has 0 bridgehead atoms. The third-order valence-electron chi connectivity index (χ3n) is 2.84. The summed E-state index contributed by atoms with van der Waals surface area (Å²) in [6.07, 6.45) is 0.780. The molecule has 82 valence electrons. The summed E-state index contributed by atoms with van der Waals surface area (Å²) in [7, 11) is 1.63. The van der Waals surface area contributed by atoms with Crippen molar-refractivity contribution in [3.8, 4) is 5.75 Å². The lowest BCUT2D eigenvalue weighted by Crippen LogP contribution is -2.35. The van der Waals surface area contributed by atoms with E-state index < -0.39 is 6.17 Å². The Morgan fingerprint density at radius 1 is 1.47 bits per heavy atom. The number of alkyl halides is 1. The van der Waals surface area contributed by atoms with Crippen LogP contribution in [0.4, 0.5) is 4.39 Å². The SMILES string of the molecule is COc1cccc(C2NCCCC2F)c1. The lowest BCUT2D eigenvalue weighted by molar-refractivity contribution is 0.201. The van der Waals surface area contributed by atoms with Gasteiger partial charge in [-0.25, -0.2) is 4.39 Å². The molecule has 1 fully saturated rings. The molecule has 0 saturated carbocycles. The highest BCUT2D eigenvalue weighted by molar-refractivity contribution is 5.31. The van der Waals surface area contributed by atoms with Crippen molar-refractivity contribution >= 4 is 0 Å². The number of hydrogen-bond acceptors (Lipinski definition) is 2. The zero-order chi connectivity index (χ0) is 10.7. The fourth-order valence-electron chi connectivity index (χ4n) is 2.01. The maximum atomic E-state index is 13.7. The van der Waals surface area contributed by atoms with E-state index in [4.69, 9.17) is 4.74 Å². The number of hydrogen-bond donors (Lipinski definition) is 1.